The van der Waals surface area contributed by atoms with Crippen LogP contribution in [-0.4, -0.2) is 33.4 Å². The number of likely N-dealkylation sites (tertiary alicyclic amines) is 1. The van der Waals surface area contributed by atoms with Gasteiger partial charge < -0.3 is 5.32 Å². The second kappa shape index (κ2) is 8.51. The molecule has 1 amide bonds. The first-order chi connectivity index (χ1) is 15.1. The van der Waals surface area contributed by atoms with Gasteiger partial charge >= 0.3 is 0 Å². The Morgan fingerprint density at radius 2 is 1.94 bits per heavy atom. The molecule has 0 atom stereocenters. The van der Waals surface area contributed by atoms with Gasteiger partial charge in [0.15, 0.2) is 0 Å². The number of carbonyl (C=O) groups is 1. The SMILES string of the molecule is O=C(Cn1c(CN2CCCCC2)nc2sc3c(c2c1=O)CCC3)Nc1ccccc1F. The van der Waals surface area contributed by atoms with Gasteiger partial charge in [-0.3, -0.25) is 19.1 Å². The van der Waals surface area contributed by atoms with E-state index in [2.05, 4.69) is 10.2 Å². The number of nitrogens with zero attached hydrogens (tertiary/aromatic N) is 3. The van der Waals surface area contributed by atoms with Crippen LogP contribution in [0.3, 0.4) is 0 Å². The molecule has 0 spiro atoms. The lowest BCUT2D eigenvalue weighted by molar-refractivity contribution is -0.116. The fourth-order valence-corrected chi connectivity index (χ4v) is 5.89. The quantitative estimate of drug-likeness (QED) is 0.657. The van der Waals surface area contributed by atoms with Crippen molar-refractivity contribution in [2.45, 2.75) is 51.6 Å². The number of aryl methyl sites for hydroxylation is 2. The topological polar surface area (TPSA) is 67.2 Å². The Hall–Kier alpha value is -2.58. The van der Waals surface area contributed by atoms with Gasteiger partial charge in [-0.1, -0.05) is 18.6 Å². The first-order valence-electron chi connectivity index (χ1n) is 10.9. The smallest absolute Gasteiger partial charge is 0.263 e. The highest BCUT2D eigenvalue weighted by atomic mass is 32.1. The highest BCUT2D eigenvalue weighted by Gasteiger charge is 2.25. The molecule has 1 aliphatic carbocycles. The van der Waals surface area contributed by atoms with Crippen molar-refractivity contribution in [2.75, 3.05) is 18.4 Å². The maximum atomic E-state index is 14.0. The number of nitrogens with one attached hydrogen (secondary N) is 1. The summed E-state index contributed by atoms with van der Waals surface area (Å²) >= 11 is 1.62. The maximum Gasteiger partial charge on any atom is 0.263 e. The Morgan fingerprint density at radius 3 is 2.74 bits per heavy atom. The molecule has 5 rings (SSSR count). The molecule has 1 saturated heterocycles. The van der Waals surface area contributed by atoms with Gasteiger partial charge in [-0.2, -0.15) is 0 Å². The summed E-state index contributed by atoms with van der Waals surface area (Å²) in [7, 11) is 0. The van der Waals surface area contributed by atoms with E-state index >= 15 is 0 Å². The van der Waals surface area contributed by atoms with E-state index in [1.165, 1.54) is 28.0 Å². The number of benzene rings is 1. The Balaban J connectivity index is 1.51. The Morgan fingerprint density at radius 1 is 1.13 bits per heavy atom. The van der Waals surface area contributed by atoms with Crippen LogP contribution in [0.15, 0.2) is 29.1 Å². The van der Waals surface area contributed by atoms with Gasteiger partial charge in [0.2, 0.25) is 5.91 Å². The molecule has 0 unspecified atom stereocenters. The predicted molar refractivity (Wildman–Crippen MR) is 120 cm³/mol. The van der Waals surface area contributed by atoms with Crippen LogP contribution in [-0.2, 0) is 30.7 Å². The number of thiophene rings is 1. The standard InChI is InChI=1S/C23H25FN4O2S/c24-16-8-2-3-9-17(16)25-20(29)14-28-19(13-27-11-4-1-5-12-27)26-22-21(23(28)30)15-7-6-10-18(15)31-22/h2-3,8-9H,1,4-7,10-14H2,(H,25,29). The summed E-state index contributed by atoms with van der Waals surface area (Å²) in [6.07, 6.45) is 6.42. The Kier molecular flexibility index (Phi) is 5.58. The number of halogens is 1. The third-order valence-electron chi connectivity index (χ3n) is 6.17. The van der Waals surface area contributed by atoms with Crippen molar-refractivity contribution in [1.29, 1.82) is 0 Å². The third-order valence-corrected chi connectivity index (χ3v) is 7.35. The number of anilines is 1. The molecule has 1 aliphatic heterocycles. The zero-order chi connectivity index (χ0) is 21.4. The molecule has 3 aromatic rings. The molecule has 6 nitrogen and oxygen atoms in total. The highest BCUT2D eigenvalue weighted by molar-refractivity contribution is 7.18. The number of para-hydroxylation sites is 1. The van der Waals surface area contributed by atoms with E-state index in [9.17, 15) is 14.0 Å². The zero-order valence-corrected chi connectivity index (χ0v) is 18.1. The average molecular weight is 441 g/mol. The lowest BCUT2D eigenvalue weighted by atomic mass is 10.1. The molecule has 2 aliphatic rings. The third kappa shape index (κ3) is 4.02. The molecule has 1 N–H and O–H groups in total. The first kappa shape index (κ1) is 20.3. The fourth-order valence-electron chi connectivity index (χ4n) is 4.62. The van der Waals surface area contributed by atoms with E-state index in [-0.39, 0.29) is 17.8 Å². The number of rotatable bonds is 5. The molecular weight excluding hydrogens is 415 g/mol. The van der Waals surface area contributed by atoms with Gasteiger partial charge in [0.05, 0.1) is 17.6 Å². The van der Waals surface area contributed by atoms with Crippen molar-refractivity contribution in [1.82, 2.24) is 14.5 Å². The van der Waals surface area contributed by atoms with Crippen molar-refractivity contribution in [2.24, 2.45) is 0 Å². The van der Waals surface area contributed by atoms with Gasteiger partial charge in [-0.05, 0) is 62.9 Å². The second-order valence-corrected chi connectivity index (χ2v) is 9.41. The lowest BCUT2D eigenvalue weighted by Gasteiger charge is -2.27. The van der Waals surface area contributed by atoms with E-state index < -0.39 is 11.7 Å². The largest absolute Gasteiger partial charge is 0.322 e. The molecule has 2 aromatic heterocycles. The molecule has 31 heavy (non-hydrogen) atoms. The van der Waals surface area contributed by atoms with Crippen molar-refractivity contribution in [3.05, 3.63) is 56.7 Å². The monoisotopic (exact) mass is 440 g/mol. The normalized spacial score (nSPS) is 16.5. The van der Waals surface area contributed by atoms with E-state index in [1.54, 1.807) is 23.5 Å². The lowest BCUT2D eigenvalue weighted by Crippen LogP contribution is -2.36. The van der Waals surface area contributed by atoms with Crippen LogP contribution in [0.5, 0.6) is 0 Å². The minimum Gasteiger partial charge on any atom is -0.322 e. The number of aromatic nitrogens is 2. The summed E-state index contributed by atoms with van der Waals surface area (Å²) in [6.45, 7) is 2.30. The number of fused-ring (bicyclic) bond motifs is 3. The molecule has 0 bridgehead atoms. The average Bonchev–Trinajstić information content (AvgIpc) is 3.34. The molecule has 0 saturated carbocycles. The van der Waals surface area contributed by atoms with Gasteiger partial charge in [0.25, 0.3) is 5.56 Å². The highest BCUT2D eigenvalue weighted by Crippen LogP contribution is 2.35. The van der Waals surface area contributed by atoms with Crippen LogP contribution in [0, 0.1) is 5.82 Å². The van der Waals surface area contributed by atoms with Gasteiger partial charge in [0, 0.05) is 4.88 Å². The summed E-state index contributed by atoms with van der Waals surface area (Å²) in [5.74, 6) is -0.316. The van der Waals surface area contributed by atoms with Gasteiger partial charge in [-0.25, -0.2) is 9.37 Å². The summed E-state index contributed by atoms with van der Waals surface area (Å²) in [5.41, 5.74) is 1.06. The van der Waals surface area contributed by atoms with Gasteiger partial charge in [0.1, 0.15) is 23.0 Å². The van der Waals surface area contributed by atoms with Crippen LogP contribution >= 0.6 is 11.3 Å². The minimum absolute atomic E-state index is 0.114. The van der Waals surface area contributed by atoms with Crippen molar-refractivity contribution < 1.29 is 9.18 Å². The van der Waals surface area contributed by atoms with E-state index in [4.69, 9.17) is 4.98 Å². The number of hydrogen-bond donors (Lipinski definition) is 1. The molecule has 162 valence electrons. The van der Waals surface area contributed by atoms with Crippen molar-refractivity contribution in [3.63, 3.8) is 0 Å². The minimum atomic E-state index is -0.499. The van der Waals surface area contributed by atoms with Crippen LogP contribution < -0.4 is 10.9 Å². The Bertz CT molecular complexity index is 1200. The van der Waals surface area contributed by atoms with Crippen LogP contribution in [0.4, 0.5) is 10.1 Å². The molecule has 3 heterocycles. The number of carbonyl (C=O) groups excluding carboxylic acids is 1. The van der Waals surface area contributed by atoms with Crippen LogP contribution in [0.25, 0.3) is 10.2 Å². The molecule has 1 aromatic carbocycles. The van der Waals surface area contributed by atoms with E-state index in [0.717, 1.165) is 55.6 Å². The predicted octanol–water partition coefficient (Wildman–Crippen LogP) is 3.71. The Labute approximate surface area is 183 Å². The summed E-state index contributed by atoms with van der Waals surface area (Å²) in [4.78, 5) is 35.5. The first-order valence-corrected chi connectivity index (χ1v) is 11.7. The van der Waals surface area contributed by atoms with Crippen molar-refractivity contribution >= 4 is 33.1 Å². The summed E-state index contributed by atoms with van der Waals surface area (Å²) in [6, 6.07) is 6.04. The summed E-state index contributed by atoms with van der Waals surface area (Å²) in [5, 5.41) is 3.26. The van der Waals surface area contributed by atoms with Crippen molar-refractivity contribution in [3.8, 4) is 0 Å². The van der Waals surface area contributed by atoms with E-state index in [1.807, 2.05) is 0 Å². The second-order valence-electron chi connectivity index (χ2n) is 8.32. The van der Waals surface area contributed by atoms with Gasteiger partial charge in [-0.15, -0.1) is 11.3 Å². The molecule has 0 radical (unpaired) electrons. The maximum absolute atomic E-state index is 14.0. The molecule has 1 fully saturated rings. The fraction of sp³-hybridized carbons (Fsp3) is 0.435. The number of hydrogen-bond acceptors (Lipinski definition) is 5. The number of piperidine rings is 1. The van der Waals surface area contributed by atoms with Crippen LogP contribution in [0.2, 0.25) is 0 Å². The van der Waals surface area contributed by atoms with E-state index in [0.29, 0.717) is 17.8 Å². The molecular formula is C23H25FN4O2S. The number of amides is 1. The zero-order valence-electron chi connectivity index (χ0n) is 17.3. The molecule has 8 heteroatoms. The van der Waals surface area contributed by atoms with Crippen LogP contribution in [0.1, 0.15) is 41.9 Å². The summed E-state index contributed by atoms with van der Waals surface area (Å²) < 4.78 is 15.5.